The Balaban J connectivity index is 2.12. The van der Waals surface area contributed by atoms with Crippen LogP contribution in [-0.4, -0.2) is 23.0 Å². The van der Waals surface area contributed by atoms with E-state index in [1.54, 1.807) is 0 Å². The van der Waals surface area contributed by atoms with Crippen molar-refractivity contribution in [3.8, 4) is 0 Å². The number of amides is 2. The second-order valence-corrected chi connectivity index (χ2v) is 3.39. The summed E-state index contributed by atoms with van der Waals surface area (Å²) < 4.78 is 0. The summed E-state index contributed by atoms with van der Waals surface area (Å²) in [6.45, 7) is 2.07. The molecule has 0 radical (unpaired) electrons. The van der Waals surface area contributed by atoms with Crippen molar-refractivity contribution >= 4 is 6.03 Å². The molecule has 56 valence electrons. The van der Waals surface area contributed by atoms with Gasteiger partial charge >= 0.3 is 6.03 Å². The van der Waals surface area contributed by atoms with Crippen LogP contribution in [0.4, 0.5) is 4.79 Å². The summed E-state index contributed by atoms with van der Waals surface area (Å²) in [5.74, 6) is 0.780. The Morgan fingerprint density at radius 1 is 1.60 bits per heavy atom. The molecule has 0 bridgehead atoms. The summed E-state index contributed by atoms with van der Waals surface area (Å²) in [6.07, 6.45) is 2.35. The fourth-order valence-electron chi connectivity index (χ4n) is 2.08. The Labute approximate surface area is 60.2 Å². The molecule has 2 amide bonds. The zero-order valence-electron chi connectivity index (χ0n) is 6.08. The third-order valence-corrected chi connectivity index (χ3v) is 2.62. The Hall–Kier alpha value is -0.730. The summed E-state index contributed by atoms with van der Waals surface area (Å²) in [7, 11) is 0. The van der Waals surface area contributed by atoms with Crippen LogP contribution in [0.1, 0.15) is 19.8 Å². The van der Waals surface area contributed by atoms with Crippen LogP contribution >= 0.6 is 0 Å². The van der Waals surface area contributed by atoms with Crippen molar-refractivity contribution in [1.29, 1.82) is 0 Å². The van der Waals surface area contributed by atoms with E-state index in [2.05, 4.69) is 6.92 Å². The lowest BCUT2D eigenvalue weighted by Gasteiger charge is -2.21. The zero-order valence-corrected chi connectivity index (χ0v) is 6.08. The normalized spacial score (nSPS) is 43.3. The van der Waals surface area contributed by atoms with Gasteiger partial charge in [-0.05, 0) is 25.7 Å². The third-order valence-electron chi connectivity index (χ3n) is 2.62. The molecule has 1 aliphatic heterocycles. The number of rotatable bonds is 0. The average molecular weight is 140 g/mol. The minimum Gasteiger partial charge on any atom is -0.351 e. The first-order valence-corrected chi connectivity index (χ1v) is 3.78. The highest BCUT2D eigenvalue weighted by atomic mass is 16.2. The fraction of sp³-hybridized carbons (Fsp3) is 0.857. The lowest BCUT2D eigenvalue weighted by molar-refractivity contribution is 0.196. The maximum absolute atomic E-state index is 10.8. The number of likely N-dealkylation sites (tertiary alicyclic amines) is 1. The molecule has 10 heavy (non-hydrogen) atoms. The average Bonchev–Trinajstić information content (AvgIpc) is 2.42. The van der Waals surface area contributed by atoms with Gasteiger partial charge in [-0.15, -0.1) is 0 Å². The lowest BCUT2D eigenvalue weighted by atomic mass is 10.2. The van der Waals surface area contributed by atoms with Gasteiger partial charge in [0.1, 0.15) is 0 Å². The van der Waals surface area contributed by atoms with Crippen LogP contribution in [0.5, 0.6) is 0 Å². The lowest BCUT2D eigenvalue weighted by Crippen LogP contribution is -2.40. The van der Waals surface area contributed by atoms with Crippen LogP contribution in [0.2, 0.25) is 0 Å². The first-order chi connectivity index (χ1) is 4.70. The fourth-order valence-corrected chi connectivity index (χ4v) is 2.08. The standard InChI is InChI=1S/C7H12N2O/c1-4-2-5-3-6(5)9(4)7(8)10/h4-6H,2-3H2,1H3,(H2,8,10)/t4-,5-,6+/m1/s1. The smallest absolute Gasteiger partial charge is 0.315 e. The van der Waals surface area contributed by atoms with Gasteiger partial charge in [0.15, 0.2) is 0 Å². The van der Waals surface area contributed by atoms with Crippen LogP contribution < -0.4 is 5.73 Å². The number of nitrogens with zero attached hydrogens (tertiary/aromatic N) is 1. The number of nitrogens with two attached hydrogens (primary N) is 1. The monoisotopic (exact) mass is 140 g/mol. The van der Waals surface area contributed by atoms with Crippen LogP contribution in [0.25, 0.3) is 0 Å². The molecule has 3 nitrogen and oxygen atoms in total. The van der Waals surface area contributed by atoms with Crippen LogP contribution in [0, 0.1) is 5.92 Å². The molecule has 0 aromatic heterocycles. The van der Waals surface area contributed by atoms with Gasteiger partial charge in [0, 0.05) is 12.1 Å². The molecule has 2 N–H and O–H groups in total. The van der Waals surface area contributed by atoms with Crippen molar-refractivity contribution in [2.24, 2.45) is 11.7 Å². The van der Waals surface area contributed by atoms with E-state index in [-0.39, 0.29) is 6.03 Å². The molecule has 2 aliphatic rings. The Bertz CT molecular complexity index is 178. The summed E-state index contributed by atoms with van der Waals surface area (Å²) in [5.41, 5.74) is 5.19. The van der Waals surface area contributed by atoms with Gasteiger partial charge in [-0.2, -0.15) is 0 Å². The summed E-state index contributed by atoms with van der Waals surface area (Å²) >= 11 is 0. The van der Waals surface area contributed by atoms with E-state index in [4.69, 9.17) is 5.73 Å². The first-order valence-electron chi connectivity index (χ1n) is 3.78. The van der Waals surface area contributed by atoms with Gasteiger partial charge in [-0.1, -0.05) is 0 Å². The molecule has 0 aromatic rings. The predicted molar refractivity (Wildman–Crippen MR) is 37.4 cm³/mol. The SMILES string of the molecule is C[C@@H]1C[C@@H]2C[C@@H]2N1C(N)=O. The molecule has 3 heteroatoms. The van der Waals surface area contributed by atoms with Crippen molar-refractivity contribution in [1.82, 2.24) is 4.90 Å². The molecule has 3 atom stereocenters. The van der Waals surface area contributed by atoms with Crippen LogP contribution in [0.15, 0.2) is 0 Å². The predicted octanol–water partition coefficient (Wildman–Crippen LogP) is 0.548. The first kappa shape index (κ1) is 6.01. The van der Waals surface area contributed by atoms with Gasteiger partial charge in [0.25, 0.3) is 0 Å². The summed E-state index contributed by atoms with van der Waals surface area (Å²) in [5, 5.41) is 0. The van der Waals surface area contributed by atoms with Crippen LogP contribution in [0.3, 0.4) is 0 Å². The van der Waals surface area contributed by atoms with Gasteiger partial charge in [0.05, 0.1) is 0 Å². The molecule has 1 heterocycles. The largest absolute Gasteiger partial charge is 0.351 e. The third kappa shape index (κ3) is 0.632. The summed E-state index contributed by atoms with van der Waals surface area (Å²) in [6, 6.07) is 0.659. The van der Waals surface area contributed by atoms with E-state index in [0.29, 0.717) is 12.1 Å². The van der Waals surface area contributed by atoms with Crippen molar-refractivity contribution in [2.75, 3.05) is 0 Å². The second kappa shape index (κ2) is 1.65. The van der Waals surface area contributed by atoms with Gasteiger partial charge in [-0.25, -0.2) is 4.79 Å². The topological polar surface area (TPSA) is 46.3 Å². The molecule has 0 aromatic carbocycles. The quantitative estimate of drug-likeness (QED) is 0.524. The number of carbonyl (C=O) groups excluding carboxylic acids is 1. The Morgan fingerprint density at radius 3 is 2.60 bits per heavy atom. The molecule has 1 saturated carbocycles. The number of carbonyl (C=O) groups is 1. The van der Waals surface area contributed by atoms with E-state index in [1.165, 1.54) is 6.42 Å². The molecular weight excluding hydrogens is 128 g/mol. The molecule has 0 spiro atoms. The highest BCUT2D eigenvalue weighted by Gasteiger charge is 2.51. The van der Waals surface area contributed by atoms with Crippen molar-refractivity contribution in [3.63, 3.8) is 0 Å². The van der Waals surface area contributed by atoms with Crippen molar-refractivity contribution in [2.45, 2.75) is 31.8 Å². The minimum absolute atomic E-state index is 0.238. The van der Waals surface area contributed by atoms with Crippen LogP contribution in [-0.2, 0) is 0 Å². The van der Waals surface area contributed by atoms with Crippen molar-refractivity contribution in [3.05, 3.63) is 0 Å². The molecule has 1 saturated heterocycles. The number of primary amides is 1. The van der Waals surface area contributed by atoms with E-state index in [9.17, 15) is 4.79 Å². The number of piperidine rings is 1. The minimum atomic E-state index is -0.238. The number of fused-ring (bicyclic) bond motifs is 1. The molecule has 1 aliphatic carbocycles. The van der Waals surface area contributed by atoms with Gasteiger partial charge in [0.2, 0.25) is 0 Å². The summed E-state index contributed by atoms with van der Waals surface area (Å²) in [4.78, 5) is 12.6. The Morgan fingerprint density at radius 2 is 2.30 bits per heavy atom. The highest BCUT2D eigenvalue weighted by molar-refractivity contribution is 5.73. The highest BCUT2D eigenvalue weighted by Crippen LogP contribution is 2.47. The maximum Gasteiger partial charge on any atom is 0.315 e. The zero-order chi connectivity index (χ0) is 7.30. The van der Waals surface area contributed by atoms with E-state index in [0.717, 1.165) is 12.3 Å². The number of urea groups is 1. The molecular formula is C7H12N2O. The maximum atomic E-state index is 10.8. The molecule has 2 fully saturated rings. The van der Waals surface area contributed by atoms with Gasteiger partial charge < -0.3 is 10.6 Å². The van der Waals surface area contributed by atoms with E-state index < -0.39 is 0 Å². The van der Waals surface area contributed by atoms with Crippen molar-refractivity contribution < 1.29 is 4.79 Å². The molecule has 0 unspecified atom stereocenters. The number of hydrogen-bond acceptors (Lipinski definition) is 1. The van der Waals surface area contributed by atoms with E-state index >= 15 is 0 Å². The van der Waals surface area contributed by atoms with E-state index in [1.807, 2.05) is 4.90 Å². The molecule has 2 rings (SSSR count). The van der Waals surface area contributed by atoms with Gasteiger partial charge in [-0.3, -0.25) is 0 Å². The second-order valence-electron chi connectivity index (χ2n) is 3.39. The Kier molecular flexibility index (Phi) is 0.993. The number of hydrogen-bond donors (Lipinski definition) is 1.